The van der Waals surface area contributed by atoms with Crippen molar-refractivity contribution in [3.63, 3.8) is 0 Å². The molecule has 128 valence electrons. The van der Waals surface area contributed by atoms with Crippen LogP contribution in [0.1, 0.15) is 0 Å². The lowest BCUT2D eigenvalue weighted by molar-refractivity contribution is -0.113. The SMILES string of the molecule is Cn1c(SCC(=O)Nc2cc(Cl)ccc2O)nnc1-c1ccncc1. The third-order valence-corrected chi connectivity index (χ3v) is 4.59. The summed E-state index contributed by atoms with van der Waals surface area (Å²) in [6.07, 6.45) is 3.36. The van der Waals surface area contributed by atoms with Gasteiger partial charge in [0.1, 0.15) is 5.75 Å². The second-order valence-corrected chi connectivity index (χ2v) is 6.48. The maximum Gasteiger partial charge on any atom is 0.234 e. The average Bonchev–Trinajstić information content (AvgIpc) is 2.98. The highest BCUT2D eigenvalue weighted by atomic mass is 35.5. The number of nitrogens with one attached hydrogen (secondary N) is 1. The smallest absolute Gasteiger partial charge is 0.234 e. The lowest BCUT2D eigenvalue weighted by atomic mass is 10.2. The number of benzene rings is 1. The molecule has 3 aromatic rings. The van der Waals surface area contributed by atoms with Crippen molar-refractivity contribution in [3.05, 3.63) is 47.7 Å². The summed E-state index contributed by atoms with van der Waals surface area (Å²) in [4.78, 5) is 16.1. The lowest BCUT2D eigenvalue weighted by Crippen LogP contribution is -2.14. The number of hydrogen-bond acceptors (Lipinski definition) is 6. The van der Waals surface area contributed by atoms with Crippen molar-refractivity contribution in [2.75, 3.05) is 11.1 Å². The second-order valence-electron chi connectivity index (χ2n) is 5.10. The minimum atomic E-state index is -0.281. The first-order chi connectivity index (χ1) is 12.0. The molecule has 3 rings (SSSR count). The molecule has 2 heterocycles. The number of thioether (sulfide) groups is 1. The summed E-state index contributed by atoms with van der Waals surface area (Å²) in [5, 5.41) is 21.6. The first kappa shape index (κ1) is 17.2. The summed E-state index contributed by atoms with van der Waals surface area (Å²) >= 11 is 7.11. The van der Waals surface area contributed by atoms with Crippen LogP contribution in [0.2, 0.25) is 5.02 Å². The normalized spacial score (nSPS) is 10.6. The van der Waals surface area contributed by atoms with E-state index in [1.165, 1.54) is 23.9 Å². The van der Waals surface area contributed by atoms with Gasteiger partial charge in [0, 0.05) is 30.0 Å². The van der Waals surface area contributed by atoms with Crippen molar-refractivity contribution >= 4 is 35.0 Å². The number of pyridine rings is 1. The lowest BCUT2D eigenvalue weighted by Gasteiger charge is -2.07. The molecule has 0 atom stereocenters. The van der Waals surface area contributed by atoms with Gasteiger partial charge in [-0.3, -0.25) is 9.78 Å². The van der Waals surface area contributed by atoms with Crippen molar-refractivity contribution in [3.8, 4) is 17.1 Å². The van der Waals surface area contributed by atoms with Gasteiger partial charge in [-0.15, -0.1) is 10.2 Å². The zero-order valence-electron chi connectivity index (χ0n) is 13.2. The van der Waals surface area contributed by atoms with Crippen LogP contribution in [0.5, 0.6) is 5.75 Å². The van der Waals surface area contributed by atoms with Crippen LogP contribution < -0.4 is 5.32 Å². The molecule has 0 saturated heterocycles. The highest BCUT2D eigenvalue weighted by Gasteiger charge is 2.13. The molecule has 0 fully saturated rings. The summed E-state index contributed by atoms with van der Waals surface area (Å²) in [7, 11) is 1.83. The third kappa shape index (κ3) is 4.09. The minimum absolute atomic E-state index is 0.0404. The fourth-order valence-electron chi connectivity index (χ4n) is 2.12. The fraction of sp³-hybridized carbons (Fsp3) is 0.125. The molecule has 0 unspecified atom stereocenters. The third-order valence-electron chi connectivity index (χ3n) is 3.34. The predicted molar refractivity (Wildman–Crippen MR) is 96.7 cm³/mol. The van der Waals surface area contributed by atoms with Crippen LogP contribution in [0, 0.1) is 0 Å². The zero-order valence-corrected chi connectivity index (χ0v) is 14.8. The van der Waals surface area contributed by atoms with Crippen molar-refractivity contribution < 1.29 is 9.90 Å². The first-order valence-corrected chi connectivity index (χ1v) is 8.62. The topological polar surface area (TPSA) is 92.9 Å². The van der Waals surface area contributed by atoms with Crippen LogP contribution in [-0.2, 0) is 11.8 Å². The maximum atomic E-state index is 12.1. The molecule has 25 heavy (non-hydrogen) atoms. The van der Waals surface area contributed by atoms with E-state index in [2.05, 4.69) is 20.5 Å². The highest BCUT2D eigenvalue weighted by Crippen LogP contribution is 2.27. The van der Waals surface area contributed by atoms with E-state index in [0.717, 1.165) is 5.56 Å². The van der Waals surface area contributed by atoms with Crippen LogP contribution in [0.15, 0.2) is 47.9 Å². The molecule has 0 aliphatic rings. The summed E-state index contributed by atoms with van der Waals surface area (Å²) < 4.78 is 1.81. The van der Waals surface area contributed by atoms with Crippen molar-refractivity contribution in [1.29, 1.82) is 0 Å². The summed E-state index contributed by atoms with van der Waals surface area (Å²) in [6, 6.07) is 8.14. The summed E-state index contributed by atoms with van der Waals surface area (Å²) in [5.74, 6) is 0.490. The Morgan fingerprint density at radius 2 is 2.04 bits per heavy atom. The highest BCUT2D eigenvalue weighted by molar-refractivity contribution is 7.99. The summed E-state index contributed by atoms with van der Waals surface area (Å²) in [6.45, 7) is 0. The zero-order chi connectivity index (χ0) is 17.8. The van der Waals surface area contributed by atoms with Crippen molar-refractivity contribution in [1.82, 2.24) is 19.7 Å². The van der Waals surface area contributed by atoms with Crippen LogP contribution in [0.3, 0.4) is 0 Å². The van der Waals surface area contributed by atoms with Gasteiger partial charge in [0.05, 0.1) is 11.4 Å². The van der Waals surface area contributed by atoms with Gasteiger partial charge in [-0.1, -0.05) is 23.4 Å². The number of anilines is 1. The number of nitrogens with zero attached hydrogens (tertiary/aromatic N) is 4. The Bertz CT molecular complexity index is 901. The Balaban J connectivity index is 1.65. The molecule has 0 spiro atoms. The number of amides is 1. The van der Waals surface area contributed by atoms with Crippen LogP contribution >= 0.6 is 23.4 Å². The summed E-state index contributed by atoms with van der Waals surface area (Å²) in [5.41, 5.74) is 1.17. The quantitative estimate of drug-likeness (QED) is 0.526. The number of phenolic OH excluding ortho intramolecular Hbond substituents is 1. The second kappa shape index (κ2) is 7.54. The van der Waals surface area contributed by atoms with Crippen molar-refractivity contribution in [2.45, 2.75) is 5.16 Å². The van der Waals surface area contributed by atoms with Gasteiger partial charge in [0.15, 0.2) is 11.0 Å². The van der Waals surface area contributed by atoms with E-state index in [1.54, 1.807) is 18.5 Å². The largest absolute Gasteiger partial charge is 0.506 e. The van der Waals surface area contributed by atoms with Gasteiger partial charge in [0.2, 0.25) is 5.91 Å². The molecule has 1 aromatic carbocycles. The number of aromatic nitrogens is 4. The Morgan fingerprint density at radius 3 is 2.80 bits per heavy atom. The Morgan fingerprint density at radius 1 is 1.28 bits per heavy atom. The Labute approximate surface area is 153 Å². The number of carbonyl (C=O) groups is 1. The molecule has 0 saturated carbocycles. The monoisotopic (exact) mass is 375 g/mol. The minimum Gasteiger partial charge on any atom is -0.506 e. The van der Waals surface area contributed by atoms with E-state index in [1.807, 2.05) is 23.7 Å². The Hall–Kier alpha value is -2.58. The molecule has 9 heteroatoms. The van der Waals surface area contributed by atoms with Gasteiger partial charge in [0.25, 0.3) is 0 Å². The van der Waals surface area contributed by atoms with Crippen LogP contribution in [0.25, 0.3) is 11.4 Å². The molecule has 7 nitrogen and oxygen atoms in total. The van der Waals surface area contributed by atoms with Crippen molar-refractivity contribution in [2.24, 2.45) is 7.05 Å². The van der Waals surface area contributed by atoms with E-state index in [4.69, 9.17) is 11.6 Å². The van der Waals surface area contributed by atoms with E-state index in [-0.39, 0.29) is 23.1 Å². The van der Waals surface area contributed by atoms with Crippen LogP contribution in [-0.4, -0.2) is 36.5 Å². The fourth-order valence-corrected chi connectivity index (χ4v) is 3.00. The van der Waals surface area contributed by atoms with E-state index in [0.29, 0.717) is 16.0 Å². The predicted octanol–water partition coefficient (Wildman–Crippen LogP) is 2.97. The van der Waals surface area contributed by atoms with Gasteiger partial charge >= 0.3 is 0 Å². The number of carbonyl (C=O) groups excluding carboxylic acids is 1. The molecule has 2 aromatic heterocycles. The molecule has 0 radical (unpaired) electrons. The first-order valence-electron chi connectivity index (χ1n) is 7.25. The molecule has 0 aliphatic carbocycles. The number of aromatic hydroxyl groups is 1. The van der Waals surface area contributed by atoms with E-state index < -0.39 is 0 Å². The van der Waals surface area contributed by atoms with Gasteiger partial charge in [-0.05, 0) is 30.3 Å². The molecular weight excluding hydrogens is 362 g/mol. The molecule has 0 aliphatic heterocycles. The van der Waals surface area contributed by atoms with E-state index in [9.17, 15) is 9.90 Å². The molecule has 0 bridgehead atoms. The number of halogens is 1. The van der Waals surface area contributed by atoms with Gasteiger partial charge in [-0.2, -0.15) is 0 Å². The molecular formula is C16H14ClN5O2S. The molecule has 2 N–H and O–H groups in total. The van der Waals surface area contributed by atoms with E-state index >= 15 is 0 Å². The van der Waals surface area contributed by atoms with Gasteiger partial charge < -0.3 is 15.0 Å². The van der Waals surface area contributed by atoms with Crippen LogP contribution in [0.4, 0.5) is 5.69 Å². The standard InChI is InChI=1S/C16H14ClN5O2S/c1-22-15(10-4-6-18-7-5-10)20-21-16(22)25-9-14(24)19-12-8-11(17)2-3-13(12)23/h2-8,23H,9H2,1H3,(H,19,24). The molecule has 1 amide bonds. The average molecular weight is 376 g/mol. The Kier molecular flexibility index (Phi) is 5.20. The maximum absolute atomic E-state index is 12.1. The number of hydrogen-bond donors (Lipinski definition) is 2. The van der Waals surface area contributed by atoms with Gasteiger partial charge in [-0.25, -0.2) is 0 Å². The number of phenols is 1. The number of rotatable bonds is 5.